The van der Waals surface area contributed by atoms with Gasteiger partial charge in [0.2, 0.25) is 0 Å². The summed E-state index contributed by atoms with van der Waals surface area (Å²) in [6, 6.07) is 11.8. The number of halogens is 1. The Labute approximate surface area is 187 Å². The minimum absolute atomic E-state index is 0. The molecule has 29 heavy (non-hydrogen) atoms. The molecule has 0 heterocycles. The number of ether oxygens (including phenoxy) is 2. The molecule has 158 valence electrons. The Bertz CT molecular complexity index is 815. The Kier molecular flexibility index (Phi) is 10.6. The van der Waals surface area contributed by atoms with Crippen molar-refractivity contribution < 1.29 is 14.4 Å². The number of methoxy groups -OCH3 is 2. The second-order valence-corrected chi connectivity index (χ2v) is 5.69. The van der Waals surface area contributed by atoms with Crippen LogP contribution in [0, 0.1) is 10.1 Å². The molecular weight excluding hydrogens is 489 g/mol. The van der Waals surface area contributed by atoms with Gasteiger partial charge < -0.3 is 25.4 Å². The Morgan fingerprint density at radius 2 is 1.72 bits per heavy atom. The predicted molar refractivity (Wildman–Crippen MR) is 126 cm³/mol. The third-order valence-corrected chi connectivity index (χ3v) is 3.78. The Balaban J connectivity index is 0.00000420. The molecule has 0 aliphatic carbocycles. The summed E-state index contributed by atoms with van der Waals surface area (Å²) in [6.45, 7) is 3.80. The molecule has 2 aromatic rings. The second-order valence-electron chi connectivity index (χ2n) is 5.69. The molecule has 0 radical (unpaired) electrons. The van der Waals surface area contributed by atoms with E-state index < -0.39 is 4.92 Å². The van der Waals surface area contributed by atoms with Crippen LogP contribution < -0.4 is 25.4 Å². The van der Waals surface area contributed by atoms with Gasteiger partial charge in [0.1, 0.15) is 0 Å². The minimum atomic E-state index is -0.420. The summed E-state index contributed by atoms with van der Waals surface area (Å²) in [4.78, 5) is 14.8. The molecule has 0 unspecified atom stereocenters. The first-order valence-electron chi connectivity index (χ1n) is 8.83. The van der Waals surface area contributed by atoms with Crippen LogP contribution in [-0.4, -0.2) is 44.7 Å². The van der Waals surface area contributed by atoms with Crippen LogP contribution in [0.15, 0.2) is 47.5 Å². The second kappa shape index (κ2) is 12.6. The van der Waals surface area contributed by atoms with Gasteiger partial charge in [-0.05, 0) is 31.2 Å². The fourth-order valence-electron chi connectivity index (χ4n) is 2.43. The maximum atomic E-state index is 10.7. The number of nitrogens with zero attached hydrogens (tertiary/aromatic N) is 2. The van der Waals surface area contributed by atoms with E-state index in [0.29, 0.717) is 30.5 Å². The maximum absolute atomic E-state index is 10.7. The molecule has 0 aliphatic heterocycles. The third-order valence-electron chi connectivity index (χ3n) is 3.78. The van der Waals surface area contributed by atoms with Crippen molar-refractivity contribution in [3.63, 3.8) is 0 Å². The number of guanidine groups is 1. The van der Waals surface area contributed by atoms with Gasteiger partial charge in [0.05, 0.1) is 25.7 Å². The smallest absolute Gasteiger partial charge is 0.269 e. The molecule has 10 heteroatoms. The molecule has 0 saturated carbocycles. The lowest BCUT2D eigenvalue weighted by Crippen LogP contribution is -2.31. The molecule has 0 saturated heterocycles. The number of nitrogens with one attached hydrogen (secondary N) is 3. The highest BCUT2D eigenvalue weighted by Crippen LogP contribution is 2.29. The largest absolute Gasteiger partial charge is 0.493 e. The number of hydrogen-bond acceptors (Lipinski definition) is 6. The fourth-order valence-corrected chi connectivity index (χ4v) is 2.43. The van der Waals surface area contributed by atoms with Crippen LogP contribution in [0.25, 0.3) is 0 Å². The average Bonchev–Trinajstić information content (AvgIpc) is 2.71. The highest BCUT2D eigenvalue weighted by atomic mass is 127. The molecule has 9 nitrogen and oxygen atoms in total. The fraction of sp³-hybridized carbons (Fsp3) is 0.316. The first-order chi connectivity index (χ1) is 13.6. The number of nitro groups is 1. The zero-order chi connectivity index (χ0) is 20.4. The van der Waals surface area contributed by atoms with Crippen molar-refractivity contribution in [2.75, 3.05) is 44.5 Å². The molecule has 0 spiro atoms. The van der Waals surface area contributed by atoms with Crippen molar-refractivity contribution in [2.45, 2.75) is 6.92 Å². The summed E-state index contributed by atoms with van der Waals surface area (Å²) < 4.78 is 10.6. The van der Waals surface area contributed by atoms with Crippen molar-refractivity contribution in [3.8, 4) is 11.5 Å². The minimum Gasteiger partial charge on any atom is -0.493 e. The SMILES string of the molecule is CCNC(=NCCNc1ccc([N+](=O)[O-])cc1)Nc1ccc(OC)c(OC)c1.I. The number of aliphatic imine (C=N–C) groups is 1. The van der Waals surface area contributed by atoms with Crippen LogP contribution in [0.2, 0.25) is 0 Å². The molecule has 0 aromatic heterocycles. The summed E-state index contributed by atoms with van der Waals surface area (Å²) >= 11 is 0. The van der Waals surface area contributed by atoms with Crippen LogP contribution in [-0.2, 0) is 0 Å². The molecule has 0 atom stereocenters. The quantitative estimate of drug-likeness (QED) is 0.117. The number of non-ortho nitro benzene ring substituents is 1. The zero-order valence-corrected chi connectivity index (χ0v) is 18.9. The lowest BCUT2D eigenvalue weighted by atomic mass is 10.3. The van der Waals surface area contributed by atoms with E-state index in [-0.39, 0.29) is 29.7 Å². The van der Waals surface area contributed by atoms with Crippen LogP contribution in [0.4, 0.5) is 17.1 Å². The summed E-state index contributed by atoms with van der Waals surface area (Å²) in [5.41, 5.74) is 1.69. The standard InChI is InChI=1S/C19H25N5O4.HI/c1-4-20-19(23-15-7-10-17(27-2)18(13-15)28-3)22-12-11-21-14-5-8-16(9-6-14)24(25)26;/h5-10,13,21H,4,11-12H2,1-3H3,(H2,20,22,23);1H. The van der Waals surface area contributed by atoms with Crippen molar-refractivity contribution in [3.05, 3.63) is 52.6 Å². The lowest BCUT2D eigenvalue weighted by Gasteiger charge is -2.14. The van der Waals surface area contributed by atoms with Gasteiger partial charge in [-0.2, -0.15) is 0 Å². The first-order valence-corrected chi connectivity index (χ1v) is 8.83. The van der Waals surface area contributed by atoms with Gasteiger partial charge in [0, 0.05) is 42.7 Å². The zero-order valence-electron chi connectivity index (χ0n) is 16.6. The Morgan fingerprint density at radius 1 is 1.07 bits per heavy atom. The molecule has 2 aromatic carbocycles. The molecule has 0 amide bonds. The Morgan fingerprint density at radius 3 is 2.31 bits per heavy atom. The molecule has 3 N–H and O–H groups in total. The molecule has 0 aliphatic rings. The van der Waals surface area contributed by atoms with Crippen LogP contribution in [0.3, 0.4) is 0 Å². The van der Waals surface area contributed by atoms with E-state index in [4.69, 9.17) is 9.47 Å². The highest BCUT2D eigenvalue weighted by molar-refractivity contribution is 14.0. The summed E-state index contributed by atoms with van der Waals surface area (Å²) in [6.07, 6.45) is 0. The van der Waals surface area contributed by atoms with Crippen LogP contribution in [0.5, 0.6) is 11.5 Å². The van der Waals surface area contributed by atoms with E-state index in [1.807, 2.05) is 25.1 Å². The van der Waals surface area contributed by atoms with Gasteiger partial charge >= 0.3 is 0 Å². The van der Waals surface area contributed by atoms with Crippen molar-refractivity contribution in [1.82, 2.24) is 5.32 Å². The average molecular weight is 515 g/mol. The normalized spacial score (nSPS) is 10.5. The summed E-state index contributed by atoms with van der Waals surface area (Å²) in [5, 5.41) is 20.3. The van der Waals surface area contributed by atoms with E-state index >= 15 is 0 Å². The number of anilines is 2. The Hall–Kier alpha value is -2.76. The maximum Gasteiger partial charge on any atom is 0.269 e. The number of benzene rings is 2. The predicted octanol–water partition coefficient (Wildman–Crippen LogP) is 3.72. The first kappa shape index (κ1) is 24.3. The number of nitro benzene ring substituents is 1. The number of rotatable bonds is 9. The molecule has 0 fully saturated rings. The topological polar surface area (TPSA) is 110 Å². The van der Waals surface area contributed by atoms with Crippen molar-refractivity contribution in [2.24, 2.45) is 4.99 Å². The van der Waals surface area contributed by atoms with Gasteiger partial charge in [-0.3, -0.25) is 15.1 Å². The van der Waals surface area contributed by atoms with E-state index in [0.717, 1.165) is 17.9 Å². The van der Waals surface area contributed by atoms with Gasteiger partial charge in [0.15, 0.2) is 17.5 Å². The van der Waals surface area contributed by atoms with Crippen molar-refractivity contribution >= 4 is 47.0 Å². The summed E-state index contributed by atoms with van der Waals surface area (Å²) in [5.74, 6) is 1.92. The molecule has 0 bridgehead atoms. The third kappa shape index (κ3) is 7.64. The van der Waals surface area contributed by atoms with E-state index in [1.54, 1.807) is 26.4 Å². The van der Waals surface area contributed by atoms with Gasteiger partial charge in [0.25, 0.3) is 5.69 Å². The number of hydrogen-bond donors (Lipinski definition) is 3. The van der Waals surface area contributed by atoms with Gasteiger partial charge in [-0.1, -0.05) is 0 Å². The molecule has 2 rings (SSSR count). The van der Waals surface area contributed by atoms with Crippen LogP contribution >= 0.6 is 24.0 Å². The van der Waals surface area contributed by atoms with Gasteiger partial charge in [-0.15, -0.1) is 24.0 Å². The highest BCUT2D eigenvalue weighted by Gasteiger charge is 2.06. The summed E-state index contributed by atoms with van der Waals surface area (Å²) in [7, 11) is 3.18. The van der Waals surface area contributed by atoms with E-state index in [1.165, 1.54) is 12.1 Å². The van der Waals surface area contributed by atoms with E-state index in [2.05, 4.69) is 20.9 Å². The van der Waals surface area contributed by atoms with Crippen molar-refractivity contribution in [1.29, 1.82) is 0 Å². The lowest BCUT2D eigenvalue weighted by molar-refractivity contribution is -0.384. The van der Waals surface area contributed by atoms with Gasteiger partial charge in [-0.25, -0.2) is 0 Å². The monoisotopic (exact) mass is 515 g/mol. The van der Waals surface area contributed by atoms with Crippen LogP contribution in [0.1, 0.15) is 6.92 Å². The van der Waals surface area contributed by atoms with E-state index in [9.17, 15) is 10.1 Å². The molecular formula is C19H26IN5O4.